The maximum atomic E-state index is 2.47. The smallest absolute Gasteiger partial charge is 0.0620 e. The number of aromatic nitrogens is 2. The lowest BCUT2D eigenvalue weighted by Crippen LogP contribution is -1.93. The van der Waals surface area contributed by atoms with E-state index in [1.165, 1.54) is 87.8 Å². The molecule has 0 bridgehead atoms. The van der Waals surface area contributed by atoms with Gasteiger partial charge in [-0.15, -0.1) is 0 Å². The summed E-state index contributed by atoms with van der Waals surface area (Å²) in [5, 5.41) is 7.78. The molecular formula is C42H26N2. The lowest BCUT2D eigenvalue weighted by Gasteiger charge is -2.10. The number of hydrogen-bond acceptors (Lipinski definition) is 0. The summed E-state index contributed by atoms with van der Waals surface area (Å²) in [4.78, 5) is 0. The Morgan fingerprint density at radius 2 is 0.773 bits per heavy atom. The number of nitrogens with zero attached hydrogens (tertiary/aromatic N) is 2. The zero-order valence-corrected chi connectivity index (χ0v) is 23.9. The zero-order valence-electron chi connectivity index (χ0n) is 23.9. The molecule has 0 atom stereocenters. The molecule has 7 aromatic carbocycles. The molecule has 0 aliphatic rings. The Morgan fingerprint density at radius 3 is 1.48 bits per heavy atom. The van der Waals surface area contributed by atoms with E-state index in [1.807, 2.05) is 0 Å². The molecule has 0 aliphatic heterocycles. The number of fused-ring (bicyclic) bond motifs is 9. The SMILES string of the molecule is c1ccc(-c2ccc(-c3ccc(-n4c5ccccc5c5cc6c(cc54)c4cccc5c7ccccc7n6c54)cc3)cc2)cc1. The minimum atomic E-state index is 1.17. The Labute approximate surface area is 254 Å². The van der Waals surface area contributed by atoms with Gasteiger partial charge in [-0.05, 0) is 58.7 Å². The molecule has 0 amide bonds. The summed E-state index contributed by atoms with van der Waals surface area (Å²) >= 11 is 0. The highest BCUT2D eigenvalue weighted by Crippen LogP contribution is 2.42. The van der Waals surface area contributed by atoms with Crippen molar-refractivity contribution in [3.63, 3.8) is 0 Å². The van der Waals surface area contributed by atoms with Gasteiger partial charge in [-0.25, -0.2) is 0 Å². The average Bonchev–Trinajstić information content (AvgIpc) is 3.73. The molecule has 0 saturated carbocycles. The first-order chi connectivity index (χ1) is 21.8. The molecule has 2 nitrogen and oxygen atoms in total. The topological polar surface area (TPSA) is 9.34 Å². The lowest BCUT2D eigenvalue weighted by atomic mass is 10.0. The highest BCUT2D eigenvalue weighted by molar-refractivity contribution is 6.26. The minimum Gasteiger partial charge on any atom is -0.309 e. The molecule has 0 unspecified atom stereocenters. The summed E-state index contributed by atoms with van der Waals surface area (Å²) in [6.07, 6.45) is 0. The third kappa shape index (κ3) is 3.20. The van der Waals surface area contributed by atoms with Crippen molar-refractivity contribution in [3.05, 3.63) is 158 Å². The monoisotopic (exact) mass is 558 g/mol. The van der Waals surface area contributed by atoms with E-state index >= 15 is 0 Å². The molecule has 204 valence electrons. The summed E-state index contributed by atoms with van der Waals surface area (Å²) in [5.74, 6) is 0. The van der Waals surface area contributed by atoms with Gasteiger partial charge in [0.25, 0.3) is 0 Å². The second-order valence-electron chi connectivity index (χ2n) is 11.8. The van der Waals surface area contributed by atoms with Gasteiger partial charge in [-0.3, -0.25) is 0 Å². The second-order valence-corrected chi connectivity index (χ2v) is 11.8. The van der Waals surface area contributed by atoms with Crippen LogP contribution in [0.4, 0.5) is 0 Å². The predicted molar refractivity (Wildman–Crippen MR) is 186 cm³/mol. The summed E-state index contributed by atoms with van der Waals surface area (Å²) in [6, 6.07) is 57.6. The van der Waals surface area contributed by atoms with Gasteiger partial charge in [0.05, 0.1) is 27.6 Å². The van der Waals surface area contributed by atoms with Crippen LogP contribution in [0, 0.1) is 0 Å². The van der Waals surface area contributed by atoms with Gasteiger partial charge < -0.3 is 8.97 Å². The van der Waals surface area contributed by atoms with Crippen LogP contribution in [0.1, 0.15) is 0 Å². The average molecular weight is 559 g/mol. The Kier molecular flexibility index (Phi) is 4.75. The fourth-order valence-electron chi connectivity index (χ4n) is 7.46. The fraction of sp³-hybridized carbons (Fsp3) is 0. The van der Waals surface area contributed by atoms with Crippen LogP contribution in [-0.2, 0) is 0 Å². The van der Waals surface area contributed by atoms with Crippen molar-refractivity contribution >= 4 is 59.9 Å². The van der Waals surface area contributed by atoms with Crippen LogP contribution in [0.3, 0.4) is 0 Å². The molecule has 10 rings (SSSR count). The molecule has 3 aromatic heterocycles. The Balaban J connectivity index is 1.17. The Bertz CT molecular complexity index is 2670. The largest absolute Gasteiger partial charge is 0.309 e. The Hall–Kier alpha value is -5.86. The first-order valence-electron chi connectivity index (χ1n) is 15.2. The molecule has 0 radical (unpaired) electrons. The number of rotatable bonds is 3. The normalized spacial score (nSPS) is 12.1. The zero-order chi connectivity index (χ0) is 28.8. The van der Waals surface area contributed by atoms with Crippen LogP contribution >= 0.6 is 0 Å². The van der Waals surface area contributed by atoms with Crippen molar-refractivity contribution in [2.45, 2.75) is 0 Å². The third-order valence-electron chi connectivity index (χ3n) is 9.47. The lowest BCUT2D eigenvalue weighted by molar-refractivity contribution is 1.18. The van der Waals surface area contributed by atoms with Crippen molar-refractivity contribution in [3.8, 4) is 27.9 Å². The molecule has 0 saturated heterocycles. The van der Waals surface area contributed by atoms with E-state index in [2.05, 4.69) is 167 Å². The van der Waals surface area contributed by atoms with Crippen molar-refractivity contribution in [2.24, 2.45) is 0 Å². The predicted octanol–water partition coefficient (Wildman–Crippen LogP) is 11.3. The van der Waals surface area contributed by atoms with Gasteiger partial charge in [0.15, 0.2) is 0 Å². The van der Waals surface area contributed by atoms with E-state index in [0.29, 0.717) is 0 Å². The fourth-order valence-corrected chi connectivity index (χ4v) is 7.46. The minimum absolute atomic E-state index is 1.17. The van der Waals surface area contributed by atoms with Gasteiger partial charge >= 0.3 is 0 Å². The van der Waals surface area contributed by atoms with Crippen LogP contribution in [0.5, 0.6) is 0 Å². The van der Waals surface area contributed by atoms with Gasteiger partial charge in [-0.2, -0.15) is 0 Å². The van der Waals surface area contributed by atoms with Crippen molar-refractivity contribution in [1.29, 1.82) is 0 Å². The Morgan fingerprint density at radius 1 is 0.295 bits per heavy atom. The van der Waals surface area contributed by atoms with Gasteiger partial charge in [0.2, 0.25) is 0 Å². The van der Waals surface area contributed by atoms with Gasteiger partial charge in [0, 0.05) is 38.0 Å². The second kappa shape index (κ2) is 8.82. The number of hydrogen-bond donors (Lipinski definition) is 0. The van der Waals surface area contributed by atoms with E-state index in [-0.39, 0.29) is 0 Å². The molecule has 44 heavy (non-hydrogen) atoms. The third-order valence-corrected chi connectivity index (χ3v) is 9.47. The summed E-state index contributed by atoms with van der Waals surface area (Å²) in [6.45, 7) is 0. The van der Waals surface area contributed by atoms with Crippen LogP contribution < -0.4 is 0 Å². The molecule has 0 N–H and O–H groups in total. The summed E-state index contributed by atoms with van der Waals surface area (Å²) in [7, 11) is 0. The maximum Gasteiger partial charge on any atom is 0.0620 e. The van der Waals surface area contributed by atoms with Crippen LogP contribution in [0.25, 0.3) is 87.8 Å². The summed E-state index contributed by atoms with van der Waals surface area (Å²) in [5.41, 5.74) is 12.4. The molecule has 0 fully saturated rings. The van der Waals surface area contributed by atoms with Crippen LogP contribution in [0.2, 0.25) is 0 Å². The quantitative estimate of drug-likeness (QED) is 0.204. The molecule has 3 heterocycles. The molecule has 0 aliphatic carbocycles. The highest BCUT2D eigenvalue weighted by atomic mass is 15.0. The molecule has 2 heteroatoms. The standard InChI is InChI=1S/C42H26N2/c1-2-9-27(10-3-1)28-17-19-29(20-18-28)30-21-23-31(24-22-30)43-38-15-6-5-12-33(38)36-25-41-37(26-40(36)43)35-14-8-13-34-32-11-4-7-16-39(32)44(41)42(34)35/h1-26H. The van der Waals surface area contributed by atoms with Crippen LogP contribution in [-0.4, -0.2) is 8.97 Å². The van der Waals surface area contributed by atoms with Gasteiger partial charge in [-0.1, -0.05) is 121 Å². The van der Waals surface area contributed by atoms with E-state index in [4.69, 9.17) is 0 Å². The molecular weight excluding hydrogens is 532 g/mol. The molecule has 0 spiro atoms. The van der Waals surface area contributed by atoms with Crippen LogP contribution in [0.15, 0.2) is 158 Å². The molecule has 10 aromatic rings. The maximum absolute atomic E-state index is 2.47. The van der Waals surface area contributed by atoms with E-state index < -0.39 is 0 Å². The van der Waals surface area contributed by atoms with Crippen molar-refractivity contribution in [2.75, 3.05) is 0 Å². The first kappa shape index (κ1) is 23.7. The van der Waals surface area contributed by atoms with Gasteiger partial charge in [0.1, 0.15) is 0 Å². The number of para-hydroxylation sites is 3. The van der Waals surface area contributed by atoms with Crippen molar-refractivity contribution < 1.29 is 0 Å². The van der Waals surface area contributed by atoms with E-state index in [1.54, 1.807) is 0 Å². The number of benzene rings is 7. The van der Waals surface area contributed by atoms with Crippen molar-refractivity contribution in [1.82, 2.24) is 8.97 Å². The highest BCUT2D eigenvalue weighted by Gasteiger charge is 2.20. The summed E-state index contributed by atoms with van der Waals surface area (Å²) < 4.78 is 4.90. The first-order valence-corrected chi connectivity index (χ1v) is 15.2. The van der Waals surface area contributed by atoms with E-state index in [0.717, 1.165) is 0 Å². The van der Waals surface area contributed by atoms with E-state index in [9.17, 15) is 0 Å².